The van der Waals surface area contributed by atoms with Gasteiger partial charge in [0.15, 0.2) is 0 Å². The summed E-state index contributed by atoms with van der Waals surface area (Å²) in [6, 6.07) is 10.4. The van der Waals surface area contributed by atoms with Gasteiger partial charge in [0.2, 0.25) is 0 Å². The number of ether oxygens (including phenoxy) is 1. The highest BCUT2D eigenvalue weighted by atomic mass is 127. The van der Waals surface area contributed by atoms with Crippen LogP contribution in [0.2, 0.25) is 0 Å². The van der Waals surface area contributed by atoms with Crippen molar-refractivity contribution in [3.63, 3.8) is 0 Å². The highest BCUT2D eigenvalue weighted by molar-refractivity contribution is 5.32. The molecule has 2 rings (SSSR count). The van der Waals surface area contributed by atoms with Crippen LogP contribution < -0.4 is 24.0 Å². The summed E-state index contributed by atoms with van der Waals surface area (Å²) in [5.74, 6) is -0.968. The van der Waals surface area contributed by atoms with E-state index < -0.39 is 11.6 Å². The van der Waals surface area contributed by atoms with Gasteiger partial charge in [0.05, 0.1) is 21.1 Å². The Morgan fingerprint density at radius 3 is 2.19 bits per heavy atom. The molecule has 0 heterocycles. The third kappa shape index (κ3) is 7.47. The van der Waals surface area contributed by atoms with Crippen LogP contribution in [0.1, 0.15) is 34.8 Å². The van der Waals surface area contributed by atoms with E-state index in [4.69, 9.17) is 4.74 Å². The first-order valence-electron chi connectivity index (χ1n) is 9.09. The first-order chi connectivity index (χ1) is 12.2. The second-order valence-corrected chi connectivity index (χ2v) is 8.00. The summed E-state index contributed by atoms with van der Waals surface area (Å²) in [6.45, 7) is 5.47. The summed E-state index contributed by atoms with van der Waals surface area (Å²) in [5.41, 5.74) is 3.76. The molecule has 5 heteroatoms. The van der Waals surface area contributed by atoms with E-state index in [1.807, 2.05) is 0 Å². The Bertz CT molecular complexity index is 723. The van der Waals surface area contributed by atoms with Crippen LogP contribution in [0.15, 0.2) is 36.4 Å². The third-order valence-corrected chi connectivity index (χ3v) is 4.44. The fourth-order valence-electron chi connectivity index (χ4n) is 3.17. The first-order valence-corrected chi connectivity index (χ1v) is 9.09. The number of nitrogens with zero attached hydrogens (tertiary/aromatic N) is 1. The molecule has 27 heavy (non-hydrogen) atoms. The molecule has 1 atom stereocenters. The summed E-state index contributed by atoms with van der Waals surface area (Å²) in [4.78, 5) is 0. The number of halogens is 3. The van der Waals surface area contributed by atoms with E-state index in [2.05, 4.69) is 53.2 Å². The maximum Gasteiger partial charge on any atom is 0.132 e. The average molecular weight is 489 g/mol. The molecule has 0 aliphatic rings. The van der Waals surface area contributed by atoms with Crippen molar-refractivity contribution in [2.45, 2.75) is 32.8 Å². The number of aryl methyl sites for hydroxylation is 2. The van der Waals surface area contributed by atoms with Crippen molar-refractivity contribution in [3.05, 3.63) is 70.3 Å². The van der Waals surface area contributed by atoms with E-state index in [9.17, 15) is 8.78 Å². The molecule has 2 aromatic rings. The molecule has 0 amide bonds. The quantitative estimate of drug-likeness (QED) is 0.313. The van der Waals surface area contributed by atoms with E-state index in [-0.39, 0.29) is 35.6 Å². The van der Waals surface area contributed by atoms with Crippen LogP contribution >= 0.6 is 0 Å². The molecule has 0 aromatic heterocycles. The van der Waals surface area contributed by atoms with E-state index in [1.54, 1.807) is 0 Å². The summed E-state index contributed by atoms with van der Waals surface area (Å²) in [5, 5.41) is 0. The molecule has 0 spiro atoms. The van der Waals surface area contributed by atoms with Gasteiger partial charge >= 0.3 is 0 Å². The maximum absolute atomic E-state index is 13.7. The topological polar surface area (TPSA) is 9.23 Å². The number of likely N-dealkylation sites (N-methyl/N-ethyl adjacent to an activating group) is 1. The van der Waals surface area contributed by atoms with Crippen molar-refractivity contribution in [1.29, 1.82) is 0 Å². The fraction of sp³-hybridized carbons (Fsp3) is 0.455. The lowest BCUT2D eigenvalue weighted by Gasteiger charge is -2.30. The van der Waals surface area contributed by atoms with E-state index in [1.165, 1.54) is 34.9 Å². The molecule has 150 valence electrons. The lowest BCUT2D eigenvalue weighted by Crippen LogP contribution is -3.00. The fourth-order valence-corrected chi connectivity index (χ4v) is 3.17. The number of benzene rings is 2. The molecule has 0 N–H and O–H groups in total. The van der Waals surface area contributed by atoms with Crippen molar-refractivity contribution >= 4 is 0 Å². The van der Waals surface area contributed by atoms with Crippen LogP contribution in [0.3, 0.4) is 0 Å². The monoisotopic (exact) mass is 489 g/mol. The molecular formula is C22H30F2INO. The summed E-state index contributed by atoms with van der Waals surface area (Å²) in [6.07, 6.45) is 0.875. The van der Waals surface area contributed by atoms with Crippen LogP contribution in [-0.4, -0.2) is 38.8 Å². The van der Waals surface area contributed by atoms with E-state index in [0.717, 1.165) is 11.0 Å². The van der Waals surface area contributed by atoms with Crippen molar-refractivity contribution in [2.24, 2.45) is 0 Å². The van der Waals surface area contributed by atoms with Crippen LogP contribution in [0.25, 0.3) is 0 Å². The normalized spacial score (nSPS) is 12.6. The van der Waals surface area contributed by atoms with Gasteiger partial charge in [0.25, 0.3) is 0 Å². The molecule has 0 bridgehead atoms. The minimum Gasteiger partial charge on any atom is -1.00 e. The van der Waals surface area contributed by atoms with Gasteiger partial charge in [0.1, 0.15) is 24.3 Å². The van der Waals surface area contributed by atoms with Crippen LogP contribution in [0.5, 0.6) is 0 Å². The molecule has 2 aromatic carbocycles. The van der Waals surface area contributed by atoms with Gasteiger partial charge < -0.3 is 33.2 Å². The highest BCUT2D eigenvalue weighted by Crippen LogP contribution is 2.25. The average Bonchev–Trinajstić information content (AvgIpc) is 2.51. The molecular weight excluding hydrogens is 459 g/mol. The number of quaternary nitrogens is 1. The summed E-state index contributed by atoms with van der Waals surface area (Å²) in [7, 11) is 6.40. The largest absolute Gasteiger partial charge is 1.00 e. The van der Waals surface area contributed by atoms with Crippen LogP contribution in [0.4, 0.5) is 8.78 Å². The minimum atomic E-state index is -0.484. The third-order valence-electron chi connectivity index (χ3n) is 4.44. The zero-order valence-corrected chi connectivity index (χ0v) is 19.0. The Balaban J connectivity index is 0.00000364. The molecule has 0 fully saturated rings. The Morgan fingerprint density at radius 2 is 1.63 bits per heavy atom. The lowest BCUT2D eigenvalue weighted by atomic mass is 10.00. The first kappa shape index (κ1) is 24.0. The number of hydrogen-bond donors (Lipinski definition) is 0. The lowest BCUT2D eigenvalue weighted by molar-refractivity contribution is -0.874. The summed E-state index contributed by atoms with van der Waals surface area (Å²) < 4.78 is 34.4. The van der Waals surface area contributed by atoms with Crippen molar-refractivity contribution < 1.29 is 42.0 Å². The Labute approximate surface area is 179 Å². The zero-order chi connectivity index (χ0) is 19.3. The Hall–Kier alpha value is -1.05. The van der Waals surface area contributed by atoms with E-state index in [0.29, 0.717) is 19.4 Å². The molecule has 0 saturated carbocycles. The highest BCUT2D eigenvalue weighted by Gasteiger charge is 2.22. The minimum absolute atomic E-state index is 0. The van der Waals surface area contributed by atoms with Crippen molar-refractivity contribution in [3.8, 4) is 0 Å². The van der Waals surface area contributed by atoms with Gasteiger partial charge in [-0.05, 0) is 49.9 Å². The van der Waals surface area contributed by atoms with Gasteiger partial charge in [-0.1, -0.05) is 29.8 Å². The zero-order valence-electron chi connectivity index (χ0n) is 16.9. The molecule has 0 aliphatic carbocycles. The number of hydrogen-bond acceptors (Lipinski definition) is 1. The predicted molar refractivity (Wildman–Crippen MR) is 102 cm³/mol. The Kier molecular flexibility index (Phi) is 9.31. The smallest absolute Gasteiger partial charge is 0.132 e. The van der Waals surface area contributed by atoms with Crippen molar-refractivity contribution in [2.75, 3.05) is 34.3 Å². The maximum atomic E-state index is 13.7. The van der Waals surface area contributed by atoms with Crippen LogP contribution in [0, 0.1) is 25.5 Å². The number of rotatable bonds is 8. The van der Waals surface area contributed by atoms with Gasteiger partial charge in [-0.3, -0.25) is 0 Å². The molecule has 0 radical (unpaired) electrons. The van der Waals surface area contributed by atoms with Gasteiger partial charge in [0, 0.05) is 12.2 Å². The van der Waals surface area contributed by atoms with Gasteiger partial charge in [-0.25, -0.2) is 8.78 Å². The summed E-state index contributed by atoms with van der Waals surface area (Å²) >= 11 is 0. The molecule has 1 unspecified atom stereocenters. The van der Waals surface area contributed by atoms with Gasteiger partial charge in [-0.15, -0.1) is 0 Å². The molecule has 2 nitrogen and oxygen atoms in total. The second kappa shape index (κ2) is 10.5. The SMILES string of the molecule is Cc1ccc(C(C[N+](C)(C)C)OCCCc2c(F)cccc2F)c(C)c1.[I-]. The van der Waals surface area contributed by atoms with Gasteiger partial charge in [-0.2, -0.15) is 0 Å². The second-order valence-electron chi connectivity index (χ2n) is 8.00. The molecule has 0 aliphatic heterocycles. The molecule has 0 saturated heterocycles. The van der Waals surface area contributed by atoms with Crippen LogP contribution in [-0.2, 0) is 11.2 Å². The van der Waals surface area contributed by atoms with Crippen molar-refractivity contribution in [1.82, 2.24) is 0 Å². The standard InChI is InChI=1S/C22H30F2NO.HI/c1-16-11-12-18(17(2)14-16)22(15-25(3,4)5)26-13-7-8-19-20(23)9-6-10-21(19)24;/h6,9-12,14,22H,7-8,13,15H2,1-5H3;1H/q+1;/p-1. The Morgan fingerprint density at radius 1 is 1.00 bits per heavy atom. The predicted octanol–water partition coefficient (Wildman–Crippen LogP) is 1.98. The van der Waals surface area contributed by atoms with E-state index >= 15 is 0 Å².